The van der Waals surface area contributed by atoms with Crippen LogP contribution in [0, 0.1) is 10.1 Å². The van der Waals surface area contributed by atoms with Crippen LogP contribution in [-0.2, 0) is 11.4 Å². The zero-order valence-corrected chi connectivity index (χ0v) is 16.5. The van der Waals surface area contributed by atoms with Crippen molar-refractivity contribution in [1.29, 1.82) is 0 Å². The van der Waals surface area contributed by atoms with Crippen molar-refractivity contribution in [2.45, 2.75) is 31.7 Å². The summed E-state index contributed by atoms with van der Waals surface area (Å²) in [5.74, 6) is -0.611. The zero-order chi connectivity index (χ0) is 21.9. The zero-order valence-electron chi connectivity index (χ0n) is 16.5. The van der Waals surface area contributed by atoms with Crippen LogP contribution in [-0.4, -0.2) is 47.4 Å². The molecule has 1 aliphatic heterocycles. The summed E-state index contributed by atoms with van der Waals surface area (Å²) in [6.45, 7) is 1.25. The quantitative estimate of drug-likeness (QED) is 0.390. The van der Waals surface area contributed by atoms with Gasteiger partial charge in [0.05, 0.1) is 30.2 Å². The molecule has 0 aromatic heterocycles. The van der Waals surface area contributed by atoms with Gasteiger partial charge in [0.25, 0.3) is 11.6 Å². The second-order valence-corrected chi connectivity index (χ2v) is 7.24. The number of rotatable bonds is 7. The molecule has 1 unspecified atom stereocenters. The van der Waals surface area contributed by atoms with Crippen molar-refractivity contribution in [3.8, 4) is 11.5 Å². The van der Waals surface area contributed by atoms with E-state index in [0.29, 0.717) is 6.29 Å². The molecular formula is C21H21FN2O6. The number of halogens is 1. The number of nitro benzene ring substituents is 1. The Balaban J connectivity index is 1.97. The lowest BCUT2D eigenvalue weighted by molar-refractivity contribution is -0.385. The highest BCUT2D eigenvalue weighted by Crippen LogP contribution is 2.38. The molecule has 158 valence electrons. The second-order valence-electron chi connectivity index (χ2n) is 7.24. The van der Waals surface area contributed by atoms with Gasteiger partial charge in [-0.3, -0.25) is 14.9 Å². The third kappa shape index (κ3) is 4.10. The Labute approximate surface area is 172 Å². The molecule has 0 saturated carbocycles. The van der Waals surface area contributed by atoms with Crippen molar-refractivity contribution >= 4 is 17.9 Å². The fourth-order valence-electron chi connectivity index (χ4n) is 3.48. The number of carbonyl (C=O) groups excluding carboxylic acids is 2. The summed E-state index contributed by atoms with van der Waals surface area (Å²) >= 11 is 0. The van der Waals surface area contributed by atoms with E-state index in [4.69, 9.17) is 9.47 Å². The van der Waals surface area contributed by atoms with Crippen LogP contribution >= 0.6 is 0 Å². The minimum Gasteiger partial charge on any atom is -0.493 e. The number of nitro groups is 1. The Morgan fingerprint density at radius 1 is 1.33 bits per heavy atom. The Morgan fingerprint density at radius 3 is 2.63 bits per heavy atom. The molecule has 8 nitrogen and oxygen atoms in total. The molecule has 1 saturated heterocycles. The summed E-state index contributed by atoms with van der Waals surface area (Å²) in [6, 6.07) is 11.5. The maximum atomic E-state index is 13.9. The predicted molar refractivity (Wildman–Crippen MR) is 105 cm³/mol. The molecule has 1 amide bonds. The van der Waals surface area contributed by atoms with Gasteiger partial charge in [0, 0.05) is 12.5 Å². The van der Waals surface area contributed by atoms with Gasteiger partial charge in [-0.15, -0.1) is 0 Å². The first kappa shape index (κ1) is 21.2. The molecule has 0 radical (unpaired) electrons. The number of nitrogens with zero attached hydrogens (tertiary/aromatic N) is 2. The van der Waals surface area contributed by atoms with Gasteiger partial charge in [-0.2, -0.15) is 0 Å². The second kappa shape index (κ2) is 8.48. The number of benzene rings is 2. The monoisotopic (exact) mass is 416 g/mol. The Bertz CT molecular complexity index is 967. The Morgan fingerprint density at radius 2 is 2.03 bits per heavy atom. The highest BCUT2D eigenvalue weighted by Gasteiger charge is 2.46. The molecule has 1 aliphatic rings. The van der Waals surface area contributed by atoms with Crippen molar-refractivity contribution in [1.82, 2.24) is 4.90 Å². The van der Waals surface area contributed by atoms with Crippen LogP contribution in [0.4, 0.5) is 10.1 Å². The lowest BCUT2D eigenvalue weighted by Gasteiger charge is -2.29. The minimum atomic E-state index is -1.39. The van der Waals surface area contributed by atoms with Gasteiger partial charge in [0.2, 0.25) is 0 Å². The van der Waals surface area contributed by atoms with Crippen molar-refractivity contribution in [3.05, 3.63) is 63.7 Å². The molecule has 0 N–H and O–H groups in total. The fourth-order valence-corrected chi connectivity index (χ4v) is 3.48. The smallest absolute Gasteiger partial charge is 0.286 e. The SMILES string of the molecule is COc1cc(C(=O)N2CC(F)C[C@@]2(C)C=O)c([N+](=O)[O-])cc1OCc1ccccc1. The summed E-state index contributed by atoms with van der Waals surface area (Å²) in [7, 11) is 1.34. The normalized spacial score (nSPS) is 20.6. The molecule has 1 fully saturated rings. The summed E-state index contributed by atoms with van der Waals surface area (Å²) in [5.41, 5.74) is -1.35. The number of methoxy groups -OCH3 is 1. The summed E-state index contributed by atoms with van der Waals surface area (Å²) in [6.07, 6.45) is -1.06. The molecule has 2 aromatic carbocycles. The number of amides is 1. The van der Waals surface area contributed by atoms with Gasteiger partial charge in [-0.05, 0) is 12.5 Å². The molecule has 30 heavy (non-hydrogen) atoms. The Kier molecular flexibility index (Phi) is 6.00. The summed E-state index contributed by atoms with van der Waals surface area (Å²) < 4.78 is 24.9. The van der Waals surface area contributed by atoms with Gasteiger partial charge in [-0.1, -0.05) is 30.3 Å². The highest BCUT2D eigenvalue weighted by atomic mass is 19.1. The maximum absolute atomic E-state index is 13.9. The van der Waals surface area contributed by atoms with Gasteiger partial charge in [0.1, 0.15) is 24.6 Å². The van der Waals surface area contributed by atoms with Crippen LogP contribution in [0.3, 0.4) is 0 Å². The molecular weight excluding hydrogens is 395 g/mol. The lowest BCUT2D eigenvalue weighted by Crippen LogP contribution is -2.46. The number of carbonyl (C=O) groups is 2. The van der Waals surface area contributed by atoms with Crippen LogP contribution in [0.25, 0.3) is 0 Å². The predicted octanol–water partition coefficient (Wildman–Crippen LogP) is 3.32. The van der Waals surface area contributed by atoms with E-state index < -0.39 is 28.2 Å². The first-order chi connectivity index (χ1) is 14.3. The molecule has 2 atom stereocenters. The third-order valence-corrected chi connectivity index (χ3v) is 5.08. The number of aldehydes is 1. The lowest BCUT2D eigenvalue weighted by atomic mass is 9.99. The van der Waals surface area contributed by atoms with Crippen molar-refractivity contribution in [2.24, 2.45) is 0 Å². The van der Waals surface area contributed by atoms with E-state index in [1.54, 1.807) is 0 Å². The molecule has 0 bridgehead atoms. The van der Waals surface area contributed by atoms with Crippen LogP contribution in [0.2, 0.25) is 0 Å². The topological polar surface area (TPSA) is 99.0 Å². The van der Waals surface area contributed by atoms with Crippen molar-refractivity contribution in [3.63, 3.8) is 0 Å². The van der Waals surface area contributed by atoms with Crippen molar-refractivity contribution < 1.29 is 28.4 Å². The van der Waals surface area contributed by atoms with E-state index in [1.165, 1.54) is 20.1 Å². The molecule has 0 spiro atoms. The van der Waals surface area contributed by atoms with Crippen LogP contribution in [0.5, 0.6) is 11.5 Å². The first-order valence-corrected chi connectivity index (χ1v) is 9.24. The number of hydrogen-bond donors (Lipinski definition) is 0. The number of hydrogen-bond acceptors (Lipinski definition) is 6. The Hall–Kier alpha value is -3.49. The number of alkyl halides is 1. The molecule has 1 heterocycles. The minimum absolute atomic E-state index is 0.0903. The average molecular weight is 416 g/mol. The van der Waals surface area contributed by atoms with E-state index in [1.807, 2.05) is 30.3 Å². The number of likely N-dealkylation sites (tertiary alicyclic amines) is 1. The van der Waals surface area contributed by atoms with Gasteiger partial charge < -0.3 is 19.2 Å². The number of ether oxygens (including phenoxy) is 2. The van der Waals surface area contributed by atoms with E-state index in [0.717, 1.165) is 16.5 Å². The van der Waals surface area contributed by atoms with E-state index in [2.05, 4.69) is 0 Å². The molecule has 2 aromatic rings. The van der Waals surface area contributed by atoms with Crippen LogP contribution < -0.4 is 9.47 Å². The van der Waals surface area contributed by atoms with E-state index >= 15 is 0 Å². The third-order valence-electron chi connectivity index (χ3n) is 5.08. The maximum Gasteiger partial charge on any atom is 0.286 e. The fraction of sp³-hybridized carbons (Fsp3) is 0.333. The molecule has 0 aliphatic carbocycles. The first-order valence-electron chi connectivity index (χ1n) is 9.24. The highest BCUT2D eigenvalue weighted by molar-refractivity contribution is 6.01. The molecule has 9 heteroatoms. The van der Waals surface area contributed by atoms with Gasteiger partial charge in [-0.25, -0.2) is 4.39 Å². The molecule has 3 rings (SSSR count). The largest absolute Gasteiger partial charge is 0.493 e. The van der Waals surface area contributed by atoms with Crippen molar-refractivity contribution in [2.75, 3.05) is 13.7 Å². The standard InChI is InChI=1S/C21H21FN2O6/c1-21(13-25)10-15(22)11-23(21)20(26)16-8-18(29-2)19(9-17(16)24(27)28)30-12-14-6-4-3-5-7-14/h3-9,13,15H,10-12H2,1-2H3/t15?,21-/m0/s1. The van der Waals surface area contributed by atoms with E-state index in [9.17, 15) is 24.1 Å². The van der Waals surface area contributed by atoms with Gasteiger partial charge in [0.15, 0.2) is 11.5 Å². The van der Waals surface area contributed by atoms with Crippen LogP contribution in [0.15, 0.2) is 42.5 Å². The van der Waals surface area contributed by atoms with Crippen LogP contribution in [0.1, 0.15) is 29.3 Å². The van der Waals surface area contributed by atoms with Gasteiger partial charge >= 0.3 is 0 Å². The summed E-state index contributed by atoms with van der Waals surface area (Å²) in [5, 5.41) is 11.7. The summed E-state index contributed by atoms with van der Waals surface area (Å²) in [4.78, 5) is 36.5. The average Bonchev–Trinajstić information content (AvgIpc) is 3.06. The van der Waals surface area contributed by atoms with E-state index in [-0.39, 0.29) is 36.6 Å².